The fourth-order valence-electron chi connectivity index (χ4n) is 0.891. The zero-order valence-corrected chi connectivity index (χ0v) is 6.23. The van der Waals surface area contributed by atoms with E-state index in [1.165, 1.54) is 15.4 Å². The van der Waals surface area contributed by atoms with Crippen LogP contribution in [0, 0.1) is 13.8 Å². The second kappa shape index (κ2) is 2.60. The fraction of sp³-hybridized carbons (Fsp3) is 0.250. The van der Waals surface area contributed by atoms with Gasteiger partial charge >= 0.3 is 65.1 Å². The first-order valence-corrected chi connectivity index (χ1v) is 3.24. The third-order valence-electron chi connectivity index (χ3n) is 1.66. The van der Waals surface area contributed by atoms with Gasteiger partial charge in [-0.25, -0.2) is 0 Å². The first-order valence-electron chi connectivity index (χ1n) is 3.24. The van der Waals surface area contributed by atoms with E-state index < -0.39 is 0 Å². The molecule has 0 fully saturated rings. The summed E-state index contributed by atoms with van der Waals surface area (Å²) in [5.74, 6) is 0. The van der Waals surface area contributed by atoms with Gasteiger partial charge in [0, 0.05) is 0 Å². The SMILES string of the molecule is [Li][c]1cc(C)ccc1C. The average Bonchev–Trinajstić information content (AvgIpc) is 1.80. The summed E-state index contributed by atoms with van der Waals surface area (Å²) in [6.45, 7) is 4.25. The van der Waals surface area contributed by atoms with Crippen molar-refractivity contribution in [3.8, 4) is 0 Å². The van der Waals surface area contributed by atoms with Gasteiger partial charge in [-0.3, -0.25) is 0 Å². The molecule has 0 N–H and O–H groups in total. The van der Waals surface area contributed by atoms with Gasteiger partial charge in [0.05, 0.1) is 0 Å². The predicted octanol–water partition coefficient (Wildman–Crippen LogP) is 1.10. The summed E-state index contributed by atoms with van der Waals surface area (Å²) in [5, 5.41) is 0. The third-order valence-corrected chi connectivity index (χ3v) is 1.66. The molecule has 0 radical (unpaired) electrons. The van der Waals surface area contributed by atoms with Crippen LogP contribution >= 0.6 is 0 Å². The van der Waals surface area contributed by atoms with E-state index in [9.17, 15) is 0 Å². The Bertz CT molecular complexity index is 216. The first kappa shape index (κ1) is 6.93. The standard InChI is InChI=1S/C8H9.Li/c1-7-3-5-8(2)6-4-7;/h3-5H,1-2H3;. The van der Waals surface area contributed by atoms with Gasteiger partial charge in [0.25, 0.3) is 0 Å². The summed E-state index contributed by atoms with van der Waals surface area (Å²) < 4.78 is 1.38. The molecule has 1 aromatic carbocycles. The quantitative estimate of drug-likeness (QED) is 0.441. The Balaban J connectivity index is 3.17. The first-order chi connectivity index (χ1) is 4.20. The molecule has 0 aromatic heterocycles. The van der Waals surface area contributed by atoms with Gasteiger partial charge in [0.2, 0.25) is 0 Å². The van der Waals surface area contributed by atoms with Crippen LogP contribution in [0.3, 0.4) is 0 Å². The van der Waals surface area contributed by atoms with Crippen LogP contribution in [-0.4, -0.2) is 17.7 Å². The van der Waals surface area contributed by atoms with Crippen molar-refractivity contribution in [1.82, 2.24) is 0 Å². The number of benzene rings is 1. The molecule has 0 aliphatic carbocycles. The van der Waals surface area contributed by atoms with Gasteiger partial charge in [-0.15, -0.1) is 0 Å². The van der Waals surface area contributed by atoms with Crippen LogP contribution in [0.15, 0.2) is 18.2 Å². The van der Waals surface area contributed by atoms with Crippen LogP contribution in [0.25, 0.3) is 0 Å². The summed E-state index contributed by atoms with van der Waals surface area (Å²) in [7, 11) is 0. The second-order valence-electron chi connectivity index (χ2n) is 2.59. The van der Waals surface area contributed by atoms with Gasteiger partial charge in [0.1, 0.15) is 0 Å². The maximum absolute atomic E-state index is 2.20. The van der Waals surface area contributed by atoms with E-state index in [0.29, 0.717) is 0 Å². The fourth-order valence-corrected chi connectivity index (χ4v) is 0.891. The monoisotopic (exact) mass is 112 g/mol. The molecule has 0 saturated carbocycles. The molecule has 0 atom stereocenters. The number of hydrogen-bond donors (Lipinski definition) is 0. The molecule has 0 aliphatic heterocycles. The average molecular weight is 112 g/mol. The van der Waals surface area contributed by atoms with Crippen LogP contribution in [0.1, 0.15) is 11.1 Å². The summed E-state index contributed by atoms with van der Waals surface area (Å²) in [6.07, 6.45) is 0. The van der Waals surface area contributed by atoms with Gasteiger partial charge < -0.3 is 0 Å². The van der Waals surface area contributed by atoms with Crippen molar-refractivity contribution >= 4 is 22.0 Å². The van der Waals surface area contributed by atoms with Crippen molar-refractivity contribution < 1.29 is 0 Å². The summed E-state index contributed by atoms with van der Waals surface area (Å²) in [6, 6.07) is 6.50. The van der Waals surface area contributed by atoms with Gasteiger partial charge in [0.15, 0.2) is 0 Å². The topological polar surface area (TPSA) is 0 Å². The van der Waals surface area contributed by atoms with Crippen LogP contribution in [0.5, 0.6) is 0 Å². The zero-order chi connectivity index (χ0) is 6.85. The molecule has 9 heavy (non-hydrogen) atoms. The van der Waals surface area contributed by atoms with E-state index in [2.05, 4.69) is 49.8 Å². The minimum atomic E-state index is 1.35. The van der Waals surface area contributed by atoms with Crippen molar-refractivity contribution in [2.45, 2.75) is 13.8 Å². The van der Waals surface area contributed by atoms with Crippen molar-refractivity contribution in [2.24, 2.45) is 0 Å². The van der Waals surface area contributed by atoms with Crippen molar-refractivity contribution in [3.63, 3.8) is 0 Å². The van der Waals surface area contributed by atoms with Crippen molar-refractivity contribution in [1.29, 1.82) is 0 Å². The van der Waals surface area contributed by atoms with E-state index in [-0.39, 0.29) is 0 Å². The van der Waals surface area contributed by atoms with E-state index >= 15 is 0 Å². The Morgan fingerprint density at radius 1 is 1.22 bits per heavy atom. The summed E-state index contributed by atoms with van der Waals surface area (Å²) >= 11 is 2.14. The van der Waals surface area contributed by atoms with Gasteiger partial charge in [-0.1, -0.05) is 0 Å². The molecule has 0 spiro atoms. The number of aryl methyl sites for hydroxylation is 2. The molecule has 1 aromatic rings. The summed E-state index contributed by atoms with van der Waals surface area (Å²) in [4.78, 5) is 0. The molecule has 0 bridgehead atoms. The molecule has 0 aliphatic rings. The second-order valence-corrected chi connectivity index (χ2v) is 2.59. The Morgan fingerprint density at radius 3 is 2.33 bits per heavy atom. The van der Waals surface area contributed by atoms with Crippen LogP contribution in [0.2, 0.25) is 0 Å². The van der Waals surface area contributed by atoms with E-state index in [0.717, 1.165) is 0 Å². The van der Waals surface area contributed by atoms with Crippen molar-refractivity contribution in [2.75, 3.05) is 0 Å². The van der Waals surface area contributed by atoms with Gasteiger partial charge in [-0.2, -0.15) is 0 Å². The third kappa shape index (κ3) is 1.61. The van der Waals surface area contributed by atoms with E-state index in [1.54, 1.807) is 0 Å². The van der Waals surface area contributed by atoms with Crippen LogP contribution in [0.4, 0.5) is 0 Å². The zero-order valence-electron chi connectivity index (χ0n) is 6.23. The molecule has 0 nitrogen and oxygen atoms in total. The molecular weight excluding hydrogens is 103 g/mol. The van der Waals surface area contributed by atoms with E-state index in [1.807, 2.05) is 0 Å². The Hall–Kier alpha value is -0.183. The Morgan fingerprint density at radius 2 is 1.89 bits per heavy atom. The Labute approximate surface area is 65.5 Å². The molecule has 0 heterocycles. The van der Waals surface area contributed by atoms with Crippen molar-refractivity contribution in [3.05, 3.63) is 29.3 Å². The number of rotatable bonds is 0. The van der Waals surface area contributed by atoms with E-state index in [4.69, 9.17) is 0 Å². The molecule has 0 amide bonds. The number of hydrogen-bond acceptors (Lipinski definition) is 0. The maximum atomic E-state index is 2.20. The Kier molecular flexibility index (Phi) is 2.00. The molecule has 1 heteroatoms. The summed E-state index contributed by atoms with van der Waals surface area (Å²) in [5.41, 5.74) is 2.72. The molecule has 0 unspecified atom stereocenters. The molecule has 1 rings (SSSR count). The van der Waals surface area contributed by atoms with Gasteiger partial charge in [-0.05, 0) is 0 Å². The molecule has 0 saturated heterocycles. The van der Waals surface area contributed by atoms with Crippen LogP contribution in [-0.2, 0) is 0 Å². The molecular formula is C8H9Li. The van der Waals surface area contributed by atoms with Crippen LogP contribution < -0.4 is 4.24 Å². The minimum absolute atomic E-state index is 1.35. The normalized spacial score (nSPS) is 9.78. The molecule has 42 valence electrons. The predicted molar refractivity (Wildman–Crippen MR) is 41.3 cm³/mol.